The second-order valence-electron chi connectivity index (χ2n) is 5.39. The van der Waals surface area contributed by atoms with E-state index in [0.29, 0.717) is 11.3 Å². The number of rotatable bonds is 5. The fraction of sp³-hybridized carbons (Fsp3) is 0.100. The molecule has 0 saturated heterocycles. The van der Waals surface area contributed by atoms with Gasteiger partial charge in [-0.3, -0.25) is 4.79 Å². The van der Waals surface area contributed by atoms with Crippen LogP contribution in [0.15, 0.2) is 65.9 Å². The summed E-state index contributed by atoms with van der Waals surface area (Å²) >= 11 is 0. The molecule has 126 valence electrons. The quantitative estimate of drug-likeness (QED) is 0.809. The van der Waals surface area contributed by atoms with Gasteiger partial charge in [0.1, 0.15) is 23.9 Å². The predicted molar refractivity (Wildman–Crippen MR) is 96.3 cm³/mol. The lowest BCUT2D eigenvalue weighted by molar-refractivity contribution is 0.0940. The standard InChI is InChI=1S/C20H15N5O/c1-14(15-5-3-2-4-6-15)24-20(26)16-7-9-18(10-8-16)25-19(13-23)17(11-21)12-22/h2-10,14,25H,1H3,(H,24,26). The molecule has 0 bridgehead atoms. The van der Waals surface area contributed by atoms with Crippen LogP contribution in [0.1, 0.15) is 28.9 Å². The maximum atomic E-state index is 12.3. The molecule has 2 aromatic carbocycles. The molecule has 0 spiro atoms. The maximum Gasteiger partial charge on any atom is 0.251 e. The number of anilines is 1. The molecule has 0 aliphatic heterocycles. The third kappa shape index (κ3) is 4.47. The first kappa shape index (κ1) is 18.3. The molecule has 1 amide bonds. The summed E-state index contributed by atoms with van der Waals surface area (Å²) in [6.07, 6.45) is 0. The van der Waals surface area contributed by atoms with Gasteiger partial charge in [-0.05, 0) is 36.8 Å². The zero-order chi connectivity index (χ0) is 18.9. The Morgan fingerprint density at radius 1 is 0.923 bits per heavy atom. The highest BCUT2D eigenvalue weighted by molar-refractivity contribution is 5.94. The Bertz CT molecular complexity index is 925. The number of hydrogen-bond acceptors (Lipinski definition) is 5. The van der Waals surface area contributed by atoms with E-state index in [2.05, 4.69) is 10.6 Å². The highest BCUT2D eigenvalue weighted by Gasteiger charge is 2.12. The van der Waals surface area contributed by atoms with Gasteiger partial charge in [-0.15, -0.1) is 0 Å². The van der Waals surface area contributed by atoms with Crippen LogP contribution in [-0.2, 0) is 0 Å². The van der Waals surface area contributed by atoms with Crippen LogP contribution in [0.4, 0.5) is 5.69 Å². The molecule has 2 aromatic rings. The Labute approximate surface area is 151 Å². The van der Waals surface area contributed by atoms with Gasteiger partial charge < -0.3 is 10.6 Å². The van der Waals surface area contributed by atoms with Crippen molar-refractivity contribution in [2.75, 3.05) is 5.32 Å². The van der Waals surface area contributed by atoms with E-state index in [1.807, 2.05) is 37.3 Å². The van der Waals surface area contributed by atoms with Crippen molar-refractivity contribution in [3.63, 3.8) is 0 Å². The predicted octanol–water partition coefficient (Wildman–Crippen LogP) is 3.41. The van der Waals surface area contributed by atoms with Crippen molar-refractivity contribution in [3.05, 3.63) is 77.0 Å². The summed E-state index contributed by atoms with van der Waals surface area (Å²) in [6, 6.07) is 21.0. The van der Waals surface area contributed by atoms with Gasteiger partial charge in [0.05, 0.1) is 6.04 Å². The van der Waals surface area contributed by atoms with Gasteiger partial charge in [-0.2, -0.15) is 15.8 Å². The zero-order valence-electron chi connectivity index (χ0n) is 14.0. The number of nitrogens with zero attached hydrogens (tertiary/aromatic N) is 3. The van der Waals surface area contributed by atoms with Crippen LogP contribution >= 0.6 is 0 Å². The van der Waals surface area contributed by atoms with Crippen LogP contribution in [0.3, 0.4) is 0 Å². The minimum absolute atomic E-state index is 0.134. The lowest BCUT2D eigenvalue weighted by Crippen LogP contribution is -2.26. The summed E-state index contributed by atoms with van der Waals surface area (Å²) < 4.78 is 0. The number of allylic oxidation sites excluding steroid dienone is 2. The topological polar surface area (TPSA) is 112 Å². The van der Waals surface area contributed by atoms with Gasteiger partial charge in [0, 0.05) is 11.3 Å². The average Bonchev–Trinajstić information content (AvgIpc) is 2.69. The van der Waals surface area contributed by atoms with Crippen molar-refractivity contribution in [1.82, 2.24) is 5.32 Å². The molecule has 2 N–H and O–H groups in total. The number of carbonyl (C=O) groups is 1. The molecular weight excluding hydrogens is 326 g/mol. The first-order valence-corrected chi connectivity index (χ1v) is 7.76. The fourth-order valence-electron chi connectivity index (χ4n) is 2.24. The van der Waals surface area contributed by atoms with Crippen molar-refractivity contribution in [3.8, 4) is 18.2 Å². The van der Waals surface area contributed by atoms with E-state index in [4.69, 9.17) is 15.8 Å². The van der Waals surface area contributed by atoms with E-state index in [1.54, 1.807) is 42.5 Å². The third-order valence-electron chi connectivity index (χ3n) is 3.65. The molecule has 0 fully saturated rings. The average molecular weight is 341 g/mol. The van der Waals surface area contributed by atoms with Gasteiger partial charge in [0.15, 0.2) is 5.57 Å². The molecule has 0 aliphatic rings. The largest absolute Gasteiger partial charge is 0.346 e. The second-order valence-corrected chi connectivity index (χ2v) is 5.39. The lowest BCUT2D eigenvalue weighted by Gasteiger charge is -2.14. The number of nitrogens with one attached hydrogen (secondary N) is 2. The highest BCUT2D eigenvalue weighted by atomic mass is 16.1. The summed E-state index contributed by atoms with van der Waals surface area (Å²) in [5.74, 6) is -0.223. The Morgan fingerprint density at radius 2 is 1.54 bits per heavy atom. The molecule has 0 radical (unpaired) electrons. The molecule has 1 unspecified atom stereocenters. The first-order valence-electron chi connectivity index (χ1n) is 7.76. The van der Waals surface area contributed by atoms with Gasteiger partial charge in [-0.25, -0.2) is 0 Å². The zero-order valence-corrected chi connectivity index (χ0v) is 14.0. The van der Waals surface area contributed by atoms with Gasteiger partial charge in [0.2, 0.25) is 0 Å². The van der Waals surface area contributed by atoms with E-state index >= 15 is 0 Å². The summed E-state index contributed by atoms with van der Waals surface area (Å²) in [6.45, 7) is 1.90. The molecule has 0 aliphatic carbocycles. The first-order chi connectivity index (χ1) is 12.6. The SMILES string of the molecule is CC(NC(=O)c1ccc(NC(C#N)=C(C#N)C#N)cc1)c1ccccc1. The van der Waals surface area contributed by atoms with Crippen LogP contribution in [-0.4, -0.2) is 5.91 Å². The maximum absolute atomic E-state index is 12.3. The number of carbonyl (C=O) groups excluding carboxylic acids is 1. The van der Waals surface area contributed by atoms with Gasteiger partial charge >= 0.3 is 0 Å². The Balaban J connectivity index is 2.09. The van der Waals surface area contributed by atoms with E-state index in [9.17, 15) is 4.79 Å². The fourth-order valence-corrected chi connectivity index (χ4v) is 2.24. The van der Waals surface area contributed by atoms with Crippen molar-refractivity contribution in [2.45, 2.75) is 13.0 Å². The van der Waals surface area contributed by atoms with E-state index < -0.39 is 0 Å². The Kier molecular flexibility index (Phi) is 6.10. The number of benzene rings is 2. The van der Waals surface area contributed by atoms with Crippen molar-refractivity contribution >= 4 is 11.6 Å². The van der Waals surface area contributed by atoms with Crippen molar-refractivity contribution in [2.24, 2.45) is 0 Å². The smallest absolute Gasteiger partial charge is 0.251 e. The number of amides is 1. The molecule has 0 aromatic heterocycles. The normalized spacial score (nSPS) is 10.4. The molecule has 6 nitrogen and oxygen atoms in total. The monoisotopic (exact) mass is 341 g/mol. The summed E-state index contributed by atoms with van der Waals surface area (Å²) in [5, 5.41) is 32.3. The second kappa shape index (κ2) is 8.68. The molecule has 26 heavy (non-hydrogen) atoms. The minimum Gasteiger partial charge on any atom is -0.346 e. The van der Waals surface area contributed by atoms with E-state index in [-0.39, 0.29) is 23.2 Å². The molecule has 1 atom stereocenters. The van der Waals surface area contributed by atoms with Crippen molar-refractivity contribution in [1.29, 1.82) is 15.8 Å². The van der Waals surface area contributed by atoms with E-state index in [0.717, 1.165) is 5.56 Å². The minimum atomic E-state index is -0.300. The summed E-state index contributed by atoms with van der Waals surface area (Å²) in [7, 11) is 0. The van der Waals surface area contributed by atoms with Gasteiger partial charge in [0.25, 0.3) is 5.91 Å². The molecular formula is C20H15N5O. The van der Waals surface area contributed by atoms with Crippen LogP contribution < -0.4 is 10.6 Å². The number of hydrogen-bond donors (Lipinski definition) is 2. The van der Waals surface area contributed by atoms with Crippen molar-refractivity contribution < 1.29 is 4.79 Å². The molecule has 2 rings (SSSR count). The number of nitriles is 3. The van der Waals surface area contributed by atoms with E-state index in [1.165, 1.54) is 0 Å². The van der Waals surface area contributed by atoms with Crippen LogP contribution in [0.2, 0.25) is 0 Å². The van der Waals surface area contributed by atoms with Crippen LogP contribution in [0, 0.1) is 34.0 Å². The highest BCUT2D eigenvalue weighted by Crippen LogP contribution is 2.16. The van der Waals surface area contributed by atoms with Crippen LogP contribution in [0.25, 0.3) is 0 Å². The molecule has 6 heteroatoms. The third-order valence-corrected chi connectivity index (χ3v) is 3.65. The Hall–Kier alpha value is -4.08. The van der Waals surface area contributed by atoms with Crippen LogP contribution in [0.5, 0.6) is 0 Å². The molecule has 0 saturated carbocycles. The molecule has 0 heterocycles. The van der Waals surface area contributed by atoms with Gasteiger partial charge in [-0.1, -0.05) is 30.3 Å². The summed E-state index contributed by atoms with van der Waals surface area (Å²) in [5.41, 5.74) is 1.53. The Morgan fingerprint density at radius 3 is 2.08 bits per heavy atom. The lowest BCUT2D eigenvalue weighted by atomic mass is 10.1. The summed E-state index contributed by atoms with van der Waals surface area (Å²) in [4.78, 5) is 12.3.